The zero-order valence-corrected chi connectivity index (χ0v) is 13.1. The van der Waals surface area contributed by atoms with Crippen molar-refractivity contribution in [1.29, 1.82) is 0 Å². The second-order valence-electron chi connectivity index (χ2n) is 7.62. The molecule has 3 heteroatoms. The summed E-state index contributed by atoms with van der Waals surface area (Å²) in [4.78, 5) is 2.37. The summed E-state index contributed by atoms with van der Waals surface area (Å²) in [7, 11) is 2.17. The molecule has 1 rings (SSSR count). The number of nitrogens with one attached hydrogen (secondary N) is 1. The van der Waals surface area contributed by atoms with Crippen LogP contribution >= 0.6 is 0 Å². The van der Waals surface area contributed by atoms with Gasteiger partial charge in [0.25, 0.3) is 0 Å². The van der Waals surface area contributed by atoms with Crippen LogP contribution in [-0.2, 0) is 0 Å². The summed E-state index contributed by atoms with van der Waals surface area (Å²) in [6, 6.07) is 0.417. The molecule has 1 fully saturated rings. The summed E-state index contributed by atoms with van der Waals surface area (Å²) in [5, 5.41) is 13.5. The van der Waals surface area contributed by atoms with E-state index >= 15 is 0 Å². The van der Waals surface area contributed by atoms with E-state index in [2.05, 4.69) is 51.9 Å². The predicted molar refractivity (Wildman–Crippen MR) is 77.8 cm³/mol. The van der Waals surface area contributed by atoms with Crippen LogP contribution in [0.25, 0.3) is 0 Å². The fourth-order valence-electron chi connectivity index (χ4n) is 3.08. The Morgan fingerprint density at radius 2 is 1.78 bits per heavy atom. The molecule has 0 aliphatic heterocycles. The van der Waals surface area contributed by atoms with E-state index in [1.54, 1.807) is 0 Å². The Hall–Kier alpha value is -0.120. The summed E-state index contributed by atoms with van der Waals surface area (Å²) >= 11 is 0. The predicted octanol–water partition coefficient (Wildman–Crippen LogP) is 2.10. The van der Waals surface area contributed by atoms with E-state index in [0.29, 0.717) is 17.4 Å². The zero-order valence-electron chi connectivity index (χ0n) is 13.1. The molecule has 108 valence electrons. The van der Waals surface area contributed by atoms with Gasteiger partial charge in [0.1, 0.15) is 0 Å². The van der Waals surface area contributed by atoms with Crippen molar-refractivity contribution >= 4 is 0 Å². The molecule has 2 N–H and O–H groups in total. The first-order valence-electron chi connectivity index (χ1n) is 7.26. The summed E-state index contributed by atoms with van der Waals surface area (Å²) in [6.45, 7) is 13.3. The van der Waals surface area contributed by atoms with Gasteiger partial charge in [0.2, 0.25) is 0 Å². The van der Waals surface area contributed by atoms with Crippen LogP contribution in [0, 0.1) is 11.3 Å². The average Bonchev–Trinajstić information content (AvgIpc) is 2.95. The van der Waals surface area contributed by atoms with E-state index in [1.165, 1.54) is 12.8 Å². The molecule has 1 saturated carbocycles. The Morgan fingerprint density at radius 3 is 2.11 bits per heavy atom. The first-order valence-corrected chi connectivity index (χ1v) is 7.26. The van der Waals surface area contributed by atoms with Gasteiger partial charge in [-0.2, -0.15) is 0 Å². The summed E-state index contributed by atoms with van der Waals surface area (Å²) in [5.41, 5.74) is 0.200. The molecule has 1 unspecified atom stereocenters. The first-order chi connectivity index (χ1) is 8.18. The van der Waals surface area contributed by atoms with Crippen molar-refractivity contribution in [3.63, 3.8) is 0 Å². The van der Waals surface area contributed by atoms with Gasteiger partial charge in [-0.25, -0.2) is 0 Å². The SMILES string of the molecule is CC(C)NC(CO)(CN(C)CC(C)(C)C)C1CC1. The number of hydrogen-bond donors (Lipinski definition) is 2. The zero-order chi connectivity index (χ0) is 14.0. The van der Waals surface area contributed by atoms with Crippen molar-refractivity contribution in [3.05, 3.63) is 0 Å². The lowest BCUT2D eigenvalue weighted by Gasteiger charge is -2.40. The molecule has 0 amide bonds. The molecule has 0 radical (unpaired) electrons. The Morgan fingerprint density at radius 1 is 1.22 bits per heavy atom. The average molecular weight is 256 g/mol. The minimum Gasteiger partial charge on any atom is -0.394 e. The number of hydrogen-bond acceptors (Lipinski definition) is 3. The number of likely N-dealkylation sites (N-methyl/N-ethyl adjacent to an activating group) is 1. The quantitative estimate of drug-likeness (QED) is 0.732. The Kier molecular flexibility index (Phi) is 5.22. The van der Waals surface area contributed by atoms with Crippen molar-refractivity contribution in [3.8, 4) is 0 Å². The topological polar surface area (TPSA) is 35.5 Å². The van der Waals surface area contributed by atoms with Crippen molar-refractivity contribution in [2.75, 3.05) is 26.7 Å². The molecule has 0 aromatic heterocycles. The normalized spacial score (nSPS) is 20.5. The molecular formula is C15H32N2O. The van der Waals surface area contributed by atoms with Crippen molar-refractivity contribution in [2.24, 2.45) is 11.3 Å². The third-order valence-electron chi connectivity index (χ3n) is 3.51. The third kappa shape index (κ3) is 4.87. The van der Waals surface area contributed by atoms with Crippen LogP contribution in [0.5, 0.6) is 0 Å². The van der Waals surface area contributed by atoms with Crippen molar-refractivity contribution in [1.82, 2.24) is 10.2 Å². The second kappa shape index (κ2) is 5.89. The second-order valence-corrected chi connectivity index (χ2v) is 7.62. The van der Waals surface area contributed by atoms with E-state index in [9.17, 15) is 5.11 Å². The van der Waals surface area contributed by atoms with Gasteiger partial charge in [0.15, 0.2) is 0 Å². The Bertz CT molecular complexity index is 256. The fourth-order valence-corrected chi connectivity index (χ4v) is 3.08. The number of rotatable bonds is 7. The molecule has 18 heavy (non-hydrogen) atoms. The molecular weight excluding hydrogens is 224 g/mol. The highest BCUT2D eigenvalue weighted by molar-refractivity contribution is 5.03. The van der Waals surface area contributed by atoms with Gasteiger partial charge in [-0.1, -0.05) is 34.6 Å². The van der Waals surface area contributed by atoms with Crippen LogP contribution < -0.4 is 5.32 Å². The highest BCUT2D eigenvalue weighted by Gasteiger charge is 2.45. The van der Waals surface area contributed by atoms with Crippen LogP contribution in [0.4, 0.5) is 0 Å². The summed E-state index contributed by atoms with van der Waals surface area (Å²) < 4.78 is 0. The van der Waals surface area contributed by atoms with Gasteiger partial charge in [-0.05, 0) is 31.2 Å². The third-order valence-corrected chi connectivity index (χ3v) is 3.51. The lowest BCUT2D eigenvalue weighted by molar-refractivity contribution is 0.0809. The van der Waals surface area contributed by atoms with Crippen LogP contribution in [0.3, 0.4) is 0 Å². The standard InChI is InChI=1S/C15H32N2O/c1-12(2)16-15(11-18,13-7-8-13)10-17(6)9-14(3,4)5/h12-13,16,18H,7-11H2,1-6H3. The Balaban J connectivity index is 2.66. The molecule has 0 saturated heterocycles. The summed E-state index contributed by atoms with van der Waals surface area (Å²) in [5.74, 6) is 0.646. The van der Waals surface area contributed by atoms with Crippen LogP contribution in [0.1, 0.15) is 47.5 Å². The van der Waals surface area contributed by atoms with Gasteiger partial charge >= 0.3 is 0 Å². The van der Waals surface area contributed by atoms with Crippen LogP contribution in [0.2, 0.25) is 0 Å². The smallest absolute Gasteiger partial charge is 0.0628 e. The number of aliphatic hydroxyl groups is 1. The molecule has 0 heterocycles. The van der Waals surface area contributed by atoms with Gasteiger partial charge in [-0.15, -0.1) is 0 Å². The van der Waals surface area contributed by atoms with Crippen molar-refractivity contribution in [2.45, 2.75) is 59.0 Å². The maximum Gasteiger partial charge on any atom is 0.0628 e. The maximum absolute atomic E-state index is 9.89. The van der Waals surface area contributed by atoms with E-state index in [0.717, 1.165) is 13.1 Å². The molecule has 1 aliphatic rings. The van der Waals surface area contributed by atoms with Gasteiger partial charge in [0.05, 0.1) is 12.1 Å². The van der Waals surface area contributed by atoms with E-state index in [1.807, 2.05) is 0 Å². The number of nitrogens with zero attached hydrogens (tertiary/aromatic N) is 1. The van der Waals surface area contributed by atoms with Crippen LogP contribution in [0.15, 0.2) is 0 Å². The van der Waals surface area contributed by atoms with E-state index in [-0.39, 0.29) is 12.1 Å². The number of aliphatic hydroxyl groups excluding tert-OH is 1. The monoisotopic (exact) mass is 256 g/mol. The lowest BCUT2D eigenvalue weighted by Crippen LogP contribution is -2.60. The molecule has 1 atom stereocenters. The molecule has 0 spiro atoms. The highest BCUT2D eigenvalue weighted by Crippen LogP contribution is 2.40. The molecule has 0 bridgehead atoms. The minimum atomic E-state index is -0.103. The molecule has 0 aromatic rings. The van der Waals surface area contributed by atoms with Gasteiger partial charge in [0, 0.05) is 19.1 Å². The van der Waals surface area contributed by atoms with E-state index < -0.39 is 0 Å². The Labute approximate surface area is 113 Å². The highest BCUT2D eigenvalue weighted by atomic mass is 16.3. The van der Waals surface area contributed by atoms with Gasteiger partial charge in [-0.3, -0.25) is 0 Å². The minimum absolute atomic E-state index is 0.103. The largest absolute Gasteiger partial charge is 0.394 e. The maximum atomic E-state index is 9.89. The van der Waals surface area contributed by atoms with Crippen LogP contribution in [-0.4, -0.2) is 48.3 Å². The molecule has 1 aliphatic carbocycles. The summed E-state index contributed by atoms with van der Waals surface area (Å²) in [6.07, 6.45) is 2.51. The first kappa shape index (κ1) is 15.9. The van der Waals surface area contributed by atoms with Crippen molar-refractivity contribution < 1.29 is 5.11 Å². The fraction of sp³-hybridized carbons (Fsp3) is 1.00. The van der Waals surface area contributed by atoms with Gasteiger partial charge < -0.3 is 15.3 Å². The lowest BCUT2D eigenvalue weighted by atomic mass is 9.90. The molecule has 0 aromatic carbocycles. The van der Waals surface area contributed by atoms with E-state index in [4.69, 9.17) is 0 Å². The molecule has 3 nitrogen and oxygen atoms in total.